The molecule has 0 aromatic heterocycles. The van der Waals surface area contributed by atoms with E-state index in [1.54, 1.807) is 21.2 Å². The van der Waals surface area contributed by atoms with Crippen molar-refractivity contribution < 1.29 is 23.9 Å². The van der Waals surface area contributed by atoms with Gasteiger partial charge in [0.1, 0.15) is 11.9 Å². The van der Waals surface area contributed by atoms with Crippen LogP contribution < -0.4 is 9.64 Å². The number of piperazine rings is 1. The Morgan fingerprint density at radius 2 is 1.68 bits per heavy atom. The molecule has 1 aromatic rings. The molecule has 3 amide bonds. The van der Waals surface area contributed by atoms with Crippen molar-refractivity contribution in [2.45, 2.75) is 25.4 Å². The van der Waals surface area contributed by atoms with Gasteiger partial charge in [0.2, 0.25) is 11.8 Å². The molecule has 170 valence electrons. The topological polar surface area (TPSA) is 82.6 Å². The van der Waals surface area contributed by atoms with Crippen molar-refractivity contribution in [3.63, 3.8) is 0 Å². The third-order valence-corrected chi connectivity index (χ3v) is 5.66. The van der Waals surface area contributed by atoms with Crippen LogP contribution in [0.4, 0.5) is 10.5 Å². The summed E-state index contributed by atoms with van der Waals surface area (Å²) in [6.45, 7) is 3.72. The van der Waals surface area contributed by atoms with Crippen molar-refractivity contribution in [2.75, 3.05) is 65.4 Å². The lowest BCUT2D eigenvalue weighted by Crippen LogP contribution is -2.53. The summed E-state index contributed by atoms with van der Waals surface area (Å²) in [7, 11) is 4.90. The number of hydrogen-bond acceptors (Lipinski definition) is 7. The molecular formula is C22H32N4O5. The average Bonchev–Trinajstić information content (AvgIpc) is 2.76. The zero-order valence-electron chi connectivity index (χ0n) is 18.6. The van der Waals surface area contributed by atoms with Crippen LogP contribution in [0, 0.1) is 0 Å². The lowest BCUT2D eigenvalue weighted by Gasteiger charge is -2.38. The van der Waals surface area contributed by atoms with Gasteiger partial charge in [0.15, 0.2) is 0 Å². The van der Waals surface area contributed by atoms with E-state index in [9.17, 15) is 14.4 Å². The normalized spacial score (nSPS) is 18.7. The number of imide groups is 1. The number of methoxy groups -OCH3 is 1. The molecule has 31 heavy (non-hydrogen) atoms. The molecule has 2 fully saturated rings. The Kier molecular flexibility index (Phi) is 7.73. The third kappa shape index (κ3) is 5.88. The van der Waals surface area contributed by atoms with E-state index in [-0.39, 0.29) is 18.4 Å². The van der Waals surface area contributed by atoms with Gasteiger partial charge < -0.3 is 19.3 Å². The Morgan fingerprint density at radius 3 is 2.29 bits per heavy atom. The van der Waals surface area contributed by atoms with Gasteiger partial charge in [-0.3, -0.25) is 19.4 Å². The second-order valence-corrected chi connectivity index (χ2v) is 8.11. The van der Waals surface area contributed by atoms with Crippen LogP contribution in [-0.4, -0.2) is 99.2 Å². The average molecular weight is 433 g/mol. The molecule has 2 aliphatic rings. The van der Waals surface area contributed by atoms with Gasteiger partial charge in [-0.2, -0.15) is 0 Å². The highest BCUT2D eigenvalue weighted by molar-refractivity contribution is 5.97. The number of piperidine rings is 1. The monoisotopic (exact) mass is 432 g/mol. The fourth-order valence-corrected chi connectivity index (χ4v) is 3.94. The summed E-state index contributed by atoms with van der Waals surface area (Å²) in [4.78, 5) is 43.7. The van der Waals surface area contributed by atoms with E-state index in [2.05, 4.69) is 9.80 Å². The lowest BCUT2D eigenvalue weighted by molar-refractivity contribution is -0.150. The van der Waals surface area contributed by atoms with Gasteiger partial charge in [-0.1, -0.05) is 12.1 Å². The highest BCUT2D eigenvalue weighted by Crippen LogP contribution is 2.28. The van der Waals surface area contributed by atoms with E-state index in [0.29, 0.717) is 25.8 Å². The van der Waals surface area contributed by atoms with Crippen LogP contribution in [0.15, 0.2) is 24.3 Å². The van der Waals surface area contributed by atoms with Gasteiger partial charge >= 0.3 is 6.09 Å². The number of benzene rings is 1. The van der Waals surface area contributed by atoms with E-state index in [1.165, 1.54) is 9.80 Å². The molecule has 1 aromatic carbocycles. The van der Waals surface area contributed by atoms with E-state index < -0.39 is 12.2 Å². The van der Waals surface area contributed by atoms with Gasteiger partial charge in [0, 0.05) is 59.7 Å². The molecule has 0 radical (unpaired) electrons. The minimum Gasteiger partial charge on any atom is -0.495 e. The van der Waals surface area contributed by atoms with Crippen LogP contribution in [-0.2, 0) is 14.3 Å². The number of rotatable bonds is 7. The summed E-state index contributed by atoms with van der Waals surface area (Å²) in [6.07, 6.45) is 0.254. The summed E-state index contributed by atoms with van der Waals surface area (Å²) < 4.78 is 11.1. The molecule has 0 bridgehead atoms. The number of anilines is 1. The van der Waals surface area contributed by atoms with Crippen molar-refractivity contribution in [3.05, 3.63) is 24.3 Å². The molecule has 0 saturated carbocycles. The maximum Gasteiger partial charge on any atom is 0.409 e. The maximum atomic E-state index is 12.2. The van der Waals surface area contributed by atoms with Gasteiger partial charge in [0.25, 0.3) is 0 Å². The smallest absolute Gasteiger partial charge is 0.409 e. The Balaban J connectivity index is 1.62. The molecule has 3 rings (SSSR count). The lowest BCUT2D eigenvalue weighted by atomic mass is 10.1. The predicted octanol–water partition coefficient (Wildman–Crippen LogP) is 1.42. The summed E-state index contributed by atoms with van der Waals surface area (Å²) >= 11 is 0. The molecule has 9 nitrogen and oxygen atoms in total. The first-order valence-electron chi connectivity index (χ1n) is 10.7. The fraction of sp³-hybridized carbons (Fsp3) is 0.591. The summed E-state index contributed by atoms with van der Waals surface area (Å²) in [5.41, 5.74) is 1.06. The molecule has 1 unspecified atom stereocenters. The van der Waals surface area contributed by atoms with Crippen molar-refractivity contribution in [3.8, 4) is 5.75 Å². The SMILES string of the molecule is COc1ccccc1N1CCN(CC(CN2C(=O)CCCC2=O)OC(=O)N(C)C)CC1. The zero-order chi connectivity index (χ0) is 22.4. The molecule has 0 aliphatic carbocycles. The summed E-state index contributed by atoms with van der Waals surface area (Å²) in [6, 6.07) is 7.94. The van der Waals surface area contributed by atoms with Crippen LogP contribution in [0.25, 0.3) is 0 Å². The van der Waals surface area contributed by atoms with Crippen molar-refractivity contribution >= 4 is 23.6 Å². The van der Waals surface area contributed by atoms with Crippen molar-refractivity contribution in [1.82, 2.24) is 14.7 Å². The quantitative estimate of drug-likeness (QED) is 0.603. The number of carbonyl (C=O) groups is 3. The summed E-state index contributed by atoms with van der Waals surface area (Å²) in [5.74, 6) is 0.460. The van der Waals surface area contributed by atoms with E-state index in [0.717, 1.165) is 37.6 Å². The van der Waals surface area contributed by atoms with Crippen LogP contribution in [0.3, 0.4) is 0 Å². The standard InChI is InChI=1S/C22H32N4O5/c1-23(2)22(29)31-17(16-26-20(27)9-6-10-21(26)28)15-24-11-13-25(14-12-24)18-7-4-5-8-19(18)30-3/h4-5,7-8,17H,6,9-16H2,1-3H3. The summed E-state index contributed by atoms with van der Waals surface area (Å²) in [5, 5.41) is 0. The molecule has 2 aliphatic heterocycles. The Bertz CT molecular complexity index is 776. The van der Waals surface area contributed by atoms with Crippen LogP contribution >= 0.6 is 0 Å². The second kappa shape index (κ2) is 10.5. The molecule has 0 spiro atoms. The van der Waals surface area contributed by atoms with Crippen LogP contribution in [0.1, 0.15) is 19.3 Å². The first-order valence-corrected chi connectivity index (χ1v) is 10.7. The van der Waals surface area contributed by atoms with Crippen molar-refractivity contribution in [2.24, 2.45) is 0 Å². The molecule has 2 heterocycles. The first-order chi connectivity index (χ1) is 14.9. The number of ether oxygens (including phenoxy) is 2. The highest BCUT2D eigenvalue weighted by atomic mass is 16.6. The van der Waals surface area contributed by atoms with E-state index in [4.69, 9.17) is 9.47 Å². The molecule has 1 atom stereocenters. The predicted molar refractivity (Wildman–Crippen MR) is 116 cm³/mol. The number of likely N-dealkylation sites (tertiary alicyclic amines) is 1. The van der Waals surface area contributed by atoms with Crippen molar-refractivity contribution in [1.29, 1.82) is 0 Å². The molecule has 2 saturated heterocycles. The Morgan fingerprint density at radius 1 is 1.03 bits per heavy atom. The first kappa shape index (κ1) is 22.9. The van der Waals surface area contributed by atoms with Gasteiger partial charge in [0.05, 0.1) is 19.3 Å². The number of carbonyl (C=O) groups excluding carboxylic acids is 3. The Labute approximate surface area is 183 Å². The number of amides is 3. The molecular weight excluding hydrogens is 400 g/mol. The number of para-hydroxylation sites is 2. The Hall–Kier alpha value is -2.81. The minimum atomic E-state index is -0.571. The zero-order valence-corrected chi connectivity index (χ0v) is 18.6. The third-order valence-electron chi connectivity index (χ3n) is 5.66. The highest BCUT2D eigenvalue weighted by Gasteiger charge is 2.31. The largest absolute Gasteiger partial charge is 0.495 e. The minimum absolute atomic E-state index is 0.101. The number of hydrogen-bond donors (Lipinski definition) is 0. The second-order valence-electron chi connectivity index (χ2n) is 8.11. The number of nitrogens with zero attached hydrogens (tertiary/aromatic N) is 4. The van der Waals surface area contributed by atoms with E-state index in [1.807, 2.05) is 24.3 Å². The maximum absolute atomic E-state index is 12.2. The van der Waals surface area contributed by atoms with Crippen LogP contribution in [0.5, 0.6) is 5.75 Å². The van der Waals surface area contributed by atoms with Crippen LogP contribution in [0.2, 0.25) is 0 Å². The van der Waals surface area contributed by atoms with Gasteiger partial charge in [-0.05, 0) is 18.6 Å². The molecule has 9 heteroatoms. The molecule has 0 N–H and O–H groups in total. The van der Waals surface area contributed by atoms with Gasteiger partial charge in [-0.15, -0.1) is 0 Å². The fourth-order valence-electron chi connectivity index (χ4n) is 3.94. The van der Waals surface area contributed by atoms with E-state index >= 15 is 0 Å². The van der Waals surface area contributed by atoms with Gasteiger partial charge in [-0.25, -0.2) is 4.79 Å².